The van der Waals surface area contributed by atoms with Crippen molar-refractivity contribution in [2.45, 2.75) is 19.3 Å². The van der Waals surface area contributed by atoms with Crippen molar-refractivity contribution in [1.82, 2.24) is 25.1 Å². The number of hydrogen-bond donors (Lipinski definition) is 1. The van der Waals surface area contributed by atoms with Crippen LogP contribution in [0.15, 0.2) is 30.6 Å². The molecule has 1 N–H and O–H groups in total. The van der Waals surface area contributed by atoms with E-state index in [0.717, 1.165) is 12.8 Å². The van der Waals surface area contributed by atoms with E-state index in [4.69, 9.17) is 0 Å². The molecule has 0 radical (unpaired) electrons. The number of aromatic nitrogens is 4. The molecule has 2 heterocycles. The molecule has 2 fully saturated rings. The first-order valence-electron chi connectivity index (χ1n) is 7.96. The summed E-state index contributed by atoms with van der Waals surface area (Å²) in [5.74, 6) is -0.857. The van der Waals surface area contributed by atoms with Gasteiger partial charge in [0.15, 0.2) is 0 Å². The maximum absolute atomic E-state index is 12.8. The van der Waals surface area contributed by atoms with Gasteiger partial charge >= 0.3 is 5.97 Å². The highest BCUT2D eigenvalue weighted by molar-refractivity contribution is 5.95. The fourth-order valence-corrected chi connectivity index (χ4v) is 4.04. The summed E-state index contributed by atoms with van der Waals surface area (Å²) in [7, 11) is 0. The van der Waals surface area contributed by atoms with Crippen LogP contribution in [0.2, 0.25) is 0 Å². The Bertz CT molecular complexity index is 791. The maximum Gasteiger partial charge on any atom is 0.311 e. The Kier molecular flexibility index (Phi) is 3.33. The van der Waals surface area contributed by atoms with Gasteiger partial charge in [0, 0.05) is 18.7 Å². The summed E-state index contributed by atoms with van der Waals surface area (Å²) in [4.78, 5) is 26.3. The van der Waals surface area contributed by atoms with E-state index < -0.39 is 11.4 Å². The van der Waals surface area contributed by atoms with Crippen molar-refractivity contribution in [3.05, 3.63) is 36.2 Å². The number of hydrogen-bond acceptors (Lipinski definition) is 5. The summed E-state index contributed by atoms with van der Waals surface area (Å²) >= 11 is 0. The van der Waals surface area contributed by atoms with Crippen molar-refractivity contribution in [2.75, 3.05) is 13.1 Å². The van der Waals surface area contributed by atoms with Crippen molar-refractivity contribution in [3.8, 4) is 5.69 Å². The second-order valence-electron chi connectivity index (χ2n) is 6.54. The minimum Gasteiger partial charge on any atom is -0.481 e. The predicted octanol–water partition coefficient (Wildman–Crippen LogP) is 0.989. The van der Waals surface area contributed by atoms with Gasteiger partial charge in [-0.2, -0.15) is 0 Å². The Hall–Kier alpha value is -2.77. The zero-order chi connectivity index (χ0) is 16.7. The molecule has 1 aromatic heterocycles. The van der Waals surface area contributed by atoms with Crippen LogP contribution in [-0.4, -0.2) is 55.2 Å². The Morgan fingerprint density at radius 1 is 1.33 bits per heavy atom. The molecule has 0 bridgehead atoms. The third kappa shape index (κ3) is 2.17. The zero-order valence-electron chi connectivity index (χ0n) is 13.0. The first-order chi connectivity index (χ1) is 11.6. The van der Waals surface area contributed by atoms with Crippen molar-refractivity contribution < 1.29 is 14.7 Å². The van der Waals surface area contributed by atoms with Crippen LogP contribution in [0.3, 0.4) is 0 Å². The van der Waals surface area contributed by atoms with Gasteiger partial charge in [-0.05, 0) is 47.4 Å². The molecule has 8 heteroatoms. The third-order valence-corrected chi connectivity index (χ3v) is 5.29. The molecule has 2 atom stereocenters. The molecule has 0 unspecified atom stereocenters. The SMILES string of the molecule is O=C(c1cccc(-n2cnnn2)c1)N1C[C@@H]2CCC[C@@]2(C(=O)O)C1. The van der Waals surface area contributed by atoms with Gasteiger partial charge in [0.1, 0.15) is 6.33 Å². The summed E-state index contributed by atoms with van der Waals surface area (Å²) in [5.41, 5.74) is 0.449. The van der Waals surface area contributed by atoms with Crippen molar-refractivity contribution in [1.29, 1.82) is 0 Å². The standard InChI is InChI=1S/C16H17N5O3/c22-14(11-3-1-5-13(7-11)21-10-17-18-19-21)20-8-12-4-2-6-16(12,9-20)15(23)24/h1,3,5,7,10,12H,2,4,6,8-9H2,(H,23,24)/t12-,16+/m0/s1. The Labute approximate surface area is 138 Å². The summed E-state index contributed by atoms with van der Waals surface area (Å²) in [6.45, 7) is 0.807. The van der Waals surface area contributed by atoms with Gasteiger partial charge in [0.25, 0.3) is 5.91 Å². The third-order valence-electron chi connectivity index (χ3n) is 5.29. The molecule has 1 saturated carbocycles. The monoisotopic (exact) mass is 327 g/mol. The number of carbonyl (C=O) groups excluding carboxylic acids is 1. The summed E-state index contributed by atoms with van der Waals surface area (Å²) < 4.78 is 1.48. The Balaban J connectivity index is 1.59. The molecule has 1 aliphatic heterocycles. The van der Waals surface area contributed by atoms with Crippen molar-refractivity contribution >= 4 is 11.9 Å². The normalized spacial score (nSPS) is 25.7. The lowest BCUT2D eigenvalue weighted by Gasteiger charge is -2.23. The van der Waals surface area contributed by atoms with E-state index in [-0.39, 0.29) is 11.8 Å². The van der Waals surface area contributed by atoms with E-state index in [1.807, 2.05) is 6.07 Å². The second-order valence-corrected chi connectivity index (χ2v) is 6.54. The average molecular weight is 327 g/mol. The summed E-state index contributed by atoms with van der Waals surface area (Å²) in [6.07, 6.45) is 3.92. The molecule has 4 rings (SSSR count). The molecular weight excluding hydrogens is 310 g/mol. The molecule has 124 valence electrons. The van der Waals surface area contributed by atoms with Crippen molar-refractivity contribution in [2.24, 2.45) is 11.3 Å². The smallest absolute Gasteiger partial charge is 0.311 e. The predicted molar refractivity (Wildman–Crippen MR) is 82.5 cm³/mol. The summed E-state index contributed by atoms with van der Waals surface area (Å²) in [6, 6.07) is 7.04. The zero-order valence-corrected chi connectivity index (χ0v) is 13.0. The molecule has 0 spiro atoms. The fourth-order valence-electron chi connectivity index (χ4n) is 4.04. The number of carboxylic acids is 1. The molecule has 1 aromatic carbocycles. The molecule has 2 aromatic rings. The van der Waals surface area contributed by atoms with Crippen molar-refractivity contribution in [3.63, 3.8) is 0 Å². The van der Waals surface area contributed by atoms with Gasteiger partial charge in [0.05, 0.1) is 11.1 Å². The largest absolute Gasteiger partial charge is 0.481 e. The topological polar surface area (TPSA) is 101 Å². The molecule has 1 amide bonds. The number of tetrazole rings is 1. The van der Waals surface area contributed by atoms with E-state index in [9.17, 15) is 14.7 Å². The summed E-state index contributed by atoms with van der Waals surface area (Å²) in [5, 5.41) is 20.6. The Morgan fingerprint density at radius 2 is 2.21 bits per heavy atom. The van der Waals surface area contributed by atoms with Crippen LogP contribution in [0.5, 0.6) is 0 Å². The Morgan fingerprint density at radius 3 is 2.92 bits per heavy atom. The van der Waals surface area contributed by atoms with Crippen LogP contribution in [-0.2, 0) is 4.79 Å². The highest BCUT2D eigenvalue weighted by atomic mass is 16.4. The lowest BCUT2D eigenvalue weighted by atomic mass is 9.81. The number of carboxylic acid groups (broad SMARTS) is 1. The van der Waals surface area contributed by atoms with E-state index in [2.05, 4.69) is 15.5 Å². The van der Waals surface area contributed by atoms with Gasteiger partial charge in [-0.3, -0.25) is 9.59 Å². The van der Waals surface area contributed by atoms with Crippen LogP contribution >= 0.6 is 0 Å². The van der Waals surface area contributed by atoms with E-state index in [1.165, 1.54) is 11.0 Å². The minimum atomic E-state index is -0.775. The quantitative estimate of drug-likeness (QED) is 0.902. The van der Waals surface area contributed by atoms with E-state index in [0.29, 0.717) is 30.8 Å². The maximum atomic E-state index is 12.8. The minimum absolute atomic E-state index is 0.0571. The van der Waals surface area contributed by atoms with Crippen LogP contribution in [0, 0.1) is 11.3 Å². The number of nitrogens with zero attached hydrogens (tertiary/aromatic N) is 5. The number of carbonyl (C=O) groups is 2. The van der Waals surface area contributed by atoms with Gasteiger partial charge in [-0.25, -0.2) is 4.68 Å². The average Bonchev–Trinajstić information content (AvgIpc) is 3.29. The van der Waals surface area contributed by atoms with Crippen LogP contribution in [0.4, 0.5) is 0 Å². The molecule has 8 nitrogen and oxygen atoms in total. The van der Waals surface area contributed by atoms with E-state index in [1.54, 1.807) is 23.1 Å². The van der Waals surface area contributed by atoms with Gasteiger partial charge in [-0.15, -0.1) is 5.10 Å². The number of likely N-dealkylation sites (tertiary alicyclic amines) is 1. The van der Waals surface area contributed by atoms with Crippen LogP contribution in [0.25, 0.3) is 5.69 Å². The lowest BCUT2D eigenvalue weighted by molar-refractivity contribution is -0.149. The number of aliphatic carboxylic acids is 1. The highest BCUT2D eigenvalue weighted by Crippen LogP contribution is 2.49. The van der Waals surface area contributed by atoms with E-state index >= 15 is 0 Å². The van der Waals surface area contributed by atoms with Gasteiger partial charge in [0.2, 0.25) is 0 Å². The highest BCUT2D eigenvalue weighted by Gasteiger charge is 2.55. The number of benzene rings is 1. The van der Waals surface area contributed by atoms with Gasteiger partial charge < -0.3 is 10.0 Å². The molecule has 1 aliphatic carbocycles. The molecular formula is C16H17N5O3. The number of rotatable bonds is 3. The molecule has 24 heavy (non-hydrogen) atoms. The van der Waals surface area contributed by atoms with Crippen LogP contribution in [0.1, 0.15) is 29.6 Å². The second kappa shape index (κ2) is 5.40. The van der Waals surface area contributed by atoms with Gasteiger partial charge in [-0.1, -0.05) is 12.5 Å². The van der Waals surface area contributed by atoms with Crippen LogP contribution < -0.4 is 0 Å². The fraction of sp³-hybridized carbons (Fsp3) is 0.438. The molecule has 2 aliphatic rings. The number of fused-ring (bicyclic) bond motifs is 1. The first-order valence-corrected chi connectivity index (χ1v) is 7.96. The number of amides is 1. The lowest BCUT2D eigenvalue weighted by Crippen LogP contribution is -2.37. The molecule has 1 saturated heterocycles. The first kappa shape index (κ1) is 14.8.